The van der Waals surface area contributed by atoms with Crippen molar-refractivity contribution >= 4 is 10.9 Å². The molecule has 0 unspecified atom stereocenters. The van der Waals surface area contributed by atoms with Gasteiger partial charge in [0.2, 0.25) is 5.82 Å². The number of alkyl halides is 3. The largest absolute Gasteiger partial charge is 0.471 e. The van der Waals surface area contributed by atoms with Gasteiger partial charge in [-0.1, -0.05) is 5.16 Å². The fourth-order valence-electron chi connectivity index (χ4n) is 1.54. The van der Waals surface area contributed by atoms with E-state index in [1.807, 2.05) is 0 Å². The van der Waals surface area contributed by atoms with E-state index in [9.17, 15) is 13.2 Å². The van der Waals surface area contributed by atoms with Crippen LogP contribution in [-0.4, -0.2) is 20.3 Å². The third-order valence-corrected chi connectivity index (χ3v) is 2.37. The normalized spacial score (nSPS) is 12.2. The van der Waals surface area contributed by atoms with Crippen molar-refractivity contribution in [3.8, 4) is 11.4 Å². The van der Waals surface area contributed by atoms with Crippen LogP contribution in [-0.2, 0) is 6.18 Å². The summed E-state index contributed by atoms with van der Waals surface area (Å²) in [6.45, 7) is 0. The zero-order valence-corrected chi connectivity index (χ0v) is 8.69. The Hall–Kier alpha value is -2.38. The number of nitrogens with zero attached hydrogens (tertiary/aromatic N) is 3. The van der Waals surface area contributed by atoms with Crippen molar-refractivity contribution in [1.29, 1.82) is 0 Å². The van der Waals surface area contributed by atoms with Crippen LogP contribution in [0.25, 0.3) is 22.3 Å². The highest BCUT2D eigenvalue weighted by Gasteiger charge is 2.38. The molecule has 8 heteroatoms. The van der Waals surface area contributed by atoms with Gasteiger partial charge in [-0.2, -0.15) is 23.3 Å². The molecule has 0 radical (unpaired) electrons. The zero-order valence-electron chi connectivity index (χ0n) is 8.69. The second-order valence-electron chi connectivity index (χ2n) is 3.59. The van der Waals surface area contributed by atoms with Crippen molar-refractivity contribution in [1.82, 2.24) is 20.3 Å². The third kappa shape index (κ3) is 1.71. The lowest BCUT2D eigenvalue weighted by Gasteiger charge is -1.96. The summed E-state index contributed by atoms with van der Waals surface area (Å²) in [5.41, 5.74) is 1.21. The average molecular weight is 254 g/mol. The number of hydrogen-bond acceptors (Lipinski definition) is 4. The van der Waals surface area contributed by atoms with E-state index in [-0.39, 0.29) is 5.82 Å². The number of halogens is 3. The van der Waals surface area contributed by atoms with E-state index in [0.29, 0.717) is 5.56 Å². The Morgan fingerprint density at radius 1 is 1.22 bits per heavy atom. The van der Waals surface area contributed by atoms with Crippen LogP contribution in [0.5, 0.6) is 0 Å². The summed E-state index contributed by atoms with van der Waals surface area (Å²) in [5.74, 6) is -1.46. The number of aromatic amines is 1. The van der Waals surface area contributed by atoms with Crippen molar-refractivity contribution in [3.63, 3.8) is 0 Å². The molecule has 0 aliphatic carbocycles. The van der Waals surface area contributed by atoms with E-state index < -0.39 is 12.1 Å². The maximum atomic E-state index is 12.3. The number of rotatable bonds is 1. The molecule has 0 amide bonds. The Kier molecular flexibility index (Phi) is 2.12. The third-order valence-electron chi connectivity index (χ3n) is 2.37. The first kappa shape index (κ1) is 10.8. The van der Waals surface area contributed by atoms with Gasteiger partial charge < -0.3 is 4.52 Å². The molecule has 2 aromatic heterocycles. The molecule has 3 aromatic rings. The summed E-state index contributed by atoms with van der Waals surface area (Å²) in [7, 11) is 0. The molecule has 1 aromatic carbocycles. The molecule has 0 atom stereocenters. The number of aromatic nitrogens is 4. The smallest absolute Gasteiger partial charge is 0.329 e. The monoisotopic (exact) mass is 254 g/mol. The van der Waals surface area contributed by atoms with Crippen molar-refractivity contribution < 1.29 is 17.7 Å². The molecule has 0 saturated carbocycles. The number of H-pyrrole nitrogens is 1. The molecule has 3 rings (SSSR count). The molecular formula is C10H5F3N4O. The van der Waals surface area contributed by atoms with Gasteiger partial charge in [-0.25, -0.2) is 0 Å². The number of nitrogens with one attached hydrogen (secondary N) is 1. The highest BCUT2D eigenvalue weighted by atomic mass is 19.4. The highest BCUT2D eigenvalue weighted by Crippen LogP contribution is 2.29. The molecular weight excluding hydrogens is 249 g/mol. The summed E-state index contributed by atoms with van der Waals surface area (Å²) in [6, 6.07) is 4.90. The van der Waals surface area contributed by atoms with Gasteiger partial charge in [0.05, 0.1) is 11.7 Å². The van der Waals surface area contributed by atoms with Crippen LogP contribution in [0.3, 0.4) is 0 Å². The van der Waals surface area contributed by atoms with Crippen LogP contribution >= 0.6 is 0 Å². The highest BCUT2D eigenvalue weighted by molar-refractivity contribution is 5.82. The standard InChI is InChI=1S/C10H5F3N4O/c11-10(12,13)9-15-8(17-18-9)5-1-2-7-6(3-5)4-14-16-7/h1-4H,(H,14,16). The summed E-state index contributed by atoms with van der Waals surface area (Å²) in [6.07, 6.45) is -3.07. The molecule has 0 aliphatic rings. The summed E-state index contributed by atoms with van der Waals surface area (Å²) in [4.78, 5) is 3.31. The lowest BCUT2D eigenvalue weighted by atomic mass is 10.1. The Morgan fingerprint density at radius 3 is 2.78 bits per heavy atom. The van der Waals surface area contributed by atoms with E-state index in [0.717, 1.165) is 10.9 Å². The fourth-order valence-corrected chi connectivity index (χ4v) is 1.54. The minimum absolute atomic E-state index is 0.106. The van der Waals surface area contributed by atoms with Gasteiger partial charge in [0.25, 0.3) is 0 Å². The molecule has 0 aliphatic heterocycles. The second-order valence-corrected chi connectivity index (χ2v) is 3.59. The molecule has 2 heterocycles. The predicted octanol–water partition coefficient (Wildman–Crippen LogP) is 2.63. The van der Waals surface area contributed by atoms with Crippen LogP contribution in [0.2, 0.25) is 0 Å². The molecule has 1 N–H and O–H groups in total. The van der Waals surface area contributed by atoms with Gasteiger partial charge in [-0.15, -0.1) is 0 Å². The quantitative estimate of drug-likeness (QED) is 0.724. The molecule has 0 bridgehead atoms. The molecule has 0 saturated heterocycles. The van der Waals surface area contributed by atoms with Crippen LogP contribution in [0.4, 0.5) is 13.2 Å². The number of hydrogen-bond donors (Lipinski definition) is 1. The topological polar surface area (TPSA) is 67.6 Å². The lowest BCUT2D eigenvalue weighted by molar-refractivity contribution is -0.159. The minimum atomic E-state index is -4.63. The van der Waals surface area contributed by atoms with Gasteiger partial charge in [-0.05, 0) is 18.2 Å². The molecule has 92 valence electrons. The van der Waals surface area contributed by atoms with Crippen LogP contribution in [0.15, 0.2) is 28.9 Å². The Morgan fingerprint density at radius 2 is 2.06 bits per heavy atom. The molecule has 0 fully saturated rings. The van der Waals surface area contributed by atoms with Crippen LogP contribution < -0.4 is 0 Å². The Labute approximate surface area is 97.6 Å². The van der Waals surface area contributed by atoms with E-state index in [1.54, 1.807) is 24.4 Å². The van der Waals surface area contributed by atoms with Crippen molar-refractivity contribution in [2.75, 3.05) is 0 Å². The Bertz CT molecular complexity index is 700. The SMILES string of the molecule is FC(F)(F)c1nc(-c2ccc3[nH]ncc3c2)no1. The number of benzene rings is 1. The van der Waals surface area contributed by atoms with E-state index in [1.165, 1.54) is 0 Å². The average Bonchev–Trinajstić information content (AvgIpc) is 2.96. The zero-order chi connectivity index (χ0) is 12.8. The minimum Gasteiger partial charge on any atom is -0.329 e. The summed E-state index contributed by atoms with van der Waals surface area (Å²) >= 11 is 0. The molecule has 0 spiro atoms. The van der Waals surface area contributed by atoms with Crippen molar-refractivity contribution in [2.24, 2.45) is 0 Å². The maximum Gasteiger partial charge on any atom is 0.471 e. The summed E-state index contributed by atoms with van der Waals surface area (Å²) in [5, 5.41) is 10.6. The summed E-state index contributed by atoms with van der Waals surface area (Å²) < 4.78 is 41.1. The first-order valence-corrected chi connectivity index (χ1v) is 4.88. The second kappa shape index (κ2) is 3.56. The maximum absolute atomic E-state index is 12.3. The van der Waals surface area contributed by atoms with Gasteiger partial charge in [0.15, 0.2) is 0 Å². The Balaban J connectivity index is 2.06. The van der Waals surface area contributed by atoms with Gasteiger partial charge >= 0.3 is 12.1 Å². The van der Waals surface area contributed by atoms with E-state index in [2.05, 4.69) is 24.9 Å². The first-order chi connectivity index (χ1) is 8.54. The molecule has 5 nitrogen and oxygen atoms in total. The van der Waals surface area contributed by atoms with Gasteiger partial charge in [0, 0.05) is 10.9 Å². The first-order valence-electron chi connectivity index (χ1n) is 4.88. The number of fused-ring (bicyclic) bond motifs is 1. The van der Waals surface area contributed by atoms with Crippen molar-refractivity contribution in [2.45, 2.75) is 6.18 Å². The lowest BCUT2D eigenvalue weighted by Crippen LogP contribution is -2.04. The fraction of sp³-hybridized carbons (Fsp3) is 0.100. The van der Waals surface area contributed by atoms with E-state index >= 15 is 0 Å². The van der Waals surface area contributed by atoms with Gasteiger partial charge in [-0.3, -0.25) is 5.10 Å². The predicted molar refractivity (Wildman–Crippen MR) is 54.4 cm³/mol. The van der Waals surface area contributed by atoms with Crippen LogP contribution in [0.1, 0.15) is 5.89 Å². The van der Waals surface area contributed by atoms with Crippen LogP contribution in [0, 0.1) is 0 Å². The van der Waals surface area contributed by atoms with Crippen molar-refractivity contribution in [3.05, 3.63) is 30.3 Å². The van der Waals surface area contributed by atoms with E-state index in [4.69, 9.17) is 0 Å². The van der Waals surface area contributed by atoms with Gasteiger partial charge in [0.1, 0.15) is 0 Å². The molecule has 18 heavy (non-hydrogen) atoms.